The molecule has 1 fully saturated rings. The first-order chi connectivity index (χ1) is 14.9. The molecule has 0 bridgehead atoms. The molecule has 0 saturated carbocycles. The third-order valence-electron chi connectivity index (χ3n) is 6.06. The van der Waals surface area contributed by atoms with E-state index >= 15 is 0 Å². The first-order valence-corrected chi connectivity index (χ1v) is 11.1. The molecule has 0 aliphatic carbocycles. The van der Waals surface area contributed by atoms with Gasteiger partial charge in [0.25, 0.3) is 5.56 Å². The monoisotopic (exact) mass is 418 g/mol. The molecule has 4 rings (SSSR count). The highest BCUT2D eigenvalue weighted by molar-refractivity contribution is 5.93. The number of hydrogen-bond donors (Lipinski definition) is 1. The van der Waals surface area contributed by atoms with E-state index in [0.29, 0.717) is 17.2 Å². The molecule has 1 aliphatic rings. The van der Waals surface area contributed by atoms with E-state index in [1.807, 2.05) is 48.5 Å². The van der Waals surface area contributed by atoms with Crippen molar-refractivity contribution in [3.8, 4) is 0 Å². The predicted octanol–water partition coefficient (Wildman–Crippen LogP) is 4.39. The van der Waals surface area contributed by atoms with Crippen LogP contribution in [0.2, 0.25) is 0 Å². The van der Waals surface area contributed by atoms with Crippen LogP contribution in [0.15, 0.2) is 53.3 Å². The van der Waals surface area contributed by atoms with Crippen LogP contribution < -0.4 is 15.8 Å². The third kappa shape index (κ3) is 4.63. The number of carbonyl (C=O) groups is 1. The van der Waals surface area contributed by atoms with Crippen molar-refractivity contribution < 1.29 is 4.79 Å². The second kappa shape index (κ2) is 8.92. The summed E-state index contributed by atoms with van der Waals surface area (Å²) in [5, 5.41) is 9.01. The predicted molar refractivity (Wildman–Crippen MR) is 126 cm³/mol. The quantitative estimate of drug-likeness (QED) is 0.667. The molecule has 2 heterocycles. The summed E-state index contributed by atoms with van der Waals surface area (Å²) in [6.07, 6.45) is 2.20. The molecule has 0 radical (unpaired) electrons. The highest BCUT2D eigenvalue weighted by Gasteiger charge is 2.21. The standard InChI is InChI=1S/C25H30N4O2/c1-17(2)19-7-6-8-20(15-19)26-23(30)16-29-25(31)22-10-5-4-9-21(22)24(27-29)28-13-11-18(3)12-14-28/h4-10,15,17-18H,11-14,16H2,1-3H3,(H,26,30). The zero-order valence-corrected chi connectivity index (χ0v) is 18.5. The molecule has 0 spiro atoms. The summed E-state index contributed by atoms with van der Waals surface area (Å²) in [5.41, 5.74) is 1.64. The van der Waals surface area contributed by atoms with Gasteiger partial charge in [-0.1, -0.05) is 51.1 Å². The van der Waals surface area contributed by atoms with Crippen LogP contribution in [0.5, 0.6) is 0 Å². The zero-order valence-electron chi connectivity index (χ0n) is 18.5. The van der Waals surface area contributed by atoms with Crippen molar-refractivity contribution in [3.05, 3.63) is 64.4 Å². The number of amides is 1. The maximum absolute atomic E-state index is 13.0. The largest absolute Gasteiger partial charge is 0.355 e. The second-order valence-electron chi connectivity index (χ2n) is 8.83. The van der Waals surface area contributed by atoms with E-state index in [9.17, 15) is 9.59 Å². The van der Waals surface area contributed by atoms with Crippen molar-refractivity contribution in [2.45, 2.75) is 46.1 Å². The number of fused-ring (bicyclic) bond motifs is 1. The minimum atomic E-state index is -0.260. The lowest BCUT2D eigenvalue weighted by Gasteiger charge is -2.32. The van der Waals surface area contributed by atoms with Gasteiger partial charge in [-0.25, -0.2) is 4.68 Å². The summed E-state index contributed by atoms with van der Waals surface area (Å²) >= 11 is 0. The third-order valence-corrected chi connectivity index (χ3v) is 6.06. The Balaban J connectivity index is 1.63. The van der Waals surface area contributed by atoms with Crippen molar-refractivity contribution in [2.24, 2.45) is 5.92 Å². The molecule has 6 heteroatoms. The smallest absolute Gasteiger partial charge is 0.275 e. The summed E-state index contributed by atoms with van der Waals surface area (Å²) in [6.45, 7) is 8.19. The molecule has 162 valence electrons. The van der Waals surface area contributed by atoms with Gasteiger partial charge in [-0.2, -0.15) is 5.10 Å². The van der Waals surface area contributed by atoms with Gasteiger partial charge in [-0.3, -0.25) is 9.59 Å². The highest BCUT2D eigenvalue weighted by atomic mass is 16.2. The van der Waals surface area contributed by atoms with Crippen LogP contribution >= 0.6 is 0 Å². The number of rotatable bonds is 5. The average molecular weight is 419 g/mol. The minimum Gasteiger partial charge on any atom is -0.355 e. The van der Waals surface area contributed by atoms with Gasteiger partial charge in [0, 0.05) is 24.2 Å². The lowest BCUT2D eigenvalue weighted by molar-refractivity contribution is -0.117. The number of benzene rings is 2. The maximum atomic E-state index is 13.0. The molecule has 1 aromatic heterocycles. The van der Waals surface area contributed by atoms with E-state index < -0.39 is 0 Å². The van der Waals surface area contributed by atoms with Crippen LogP contribution in [0.3, 0.4) is 0 Å². The number of aromatic nitrogens is 2. The first kappa shape index (κ1) is 21.1. The molecule has 2 aromatic carbocycles. The average Bonchev–Trinajstić information content (AvgIpc) is 2.76. The summed E-state index contributed by atoms with van der Waals surface area (Å²) in [5.74, 6) is 1.60. The van der Waals surface area contributed by atoms with Crippen LogP contribution in [0.25, 0.3) is 10.8 Å². The van der Waals surface area contributed by atoms with E-state index in [1.165, 1.54) is 4.68 Å². The van der Waals surface area contributed by atoms with Crippen LogP contribution in [-0.2, 0) is 11.3 Å². The van der Waals surface area contributed by atoms with E-state index in [2.05, 4.69) is 36.1 Å². The number of anilines is 2. The Labute approximate surface area is 182 Å². The van der Waals surface area contributed by atoms with E-state index in [0.717, 1.165) is 48.4 Å². The van der Waals surface area contributed by atoms with Crippen LogP contribution in [-0.4, -0.2) is 28.8 Å². The fraction of sp³-hybridized carbons (Fsp3) is 0.400. The van der Waals surface area contributed by atoms with Gasteiger partial charge in [-0.05, 0) is 48.4 Å². The molecular weight excluding hydrogens is 388 g/mol. The van der Waals surface area contributed by atoms with Gasteiger partial charge in [0.15, 0.2) is 5.82 Å². The van der Waals surface area contributed by atoms with Gasteiger partial charge in [0.05, 0.1) is 5.39 Å². The molecule has 1 N–H and O–H groups in total. The zero-order chi connectivity index (χ0) is 22.0. The molecule has 6 nitrogen and oxygen atoms in total. The Kier molecular flexibility index (Phi) is 6.07. The molecule has 0 atom stereocenters. The molecule has 3 aromatic rings. The van der Waals surface area contributed by atoms with Gasteiger partial charge < -0.3 is 10.2 Å². The molecule has 1 amide bonds. The molecular formula is C25H30N4O2. The van der Waals surface area contributed by atoms with Crippen LogP contribution in [0.1, 0.15) is 45.1 Å². The summed E-state index contributed by atoms with van der Waals surface area (Å²) in [4.78, 5) is 28.0. The topological polar surface area (TPSA) is 67.2 Å². The normalized spacial score (nSPS) is 14.9. The van der Waals surface area contributed by atoms with Gasteiger partial charge in [0.1, 0.15) is 6.54 Å². The lowest BCUT2D eigenvalue weighted by Crippen LogP contribution is -2.37. The number of nitrogens with zero attached hydrogens (tertiary/aromatic N) is 3. The van der Waals surface area contributed by atoms with Crippen molar-refractivity contribution in [2.75, 3.05) is 23.3 Å². The van der Waals surface area contributed by atoms with Crippen molar-refractivity contribution >= 4 is 28.2 Å². The molecule has 1 saturated heterocycles. The number of hydrogen-bond acceptors (Lipinski definition) is 4. The Morgan fingerprint density at radius 1 is 1.10 bits per heavy atom. The second-order valence-corrected chi connectivity index (χ2v) is 8.83. The first-order valence-electron chi connectivity index (χ1n) is 11.1. The Morgan fingerprint density at radius 2 is 1.81 bits per heavy atom. The maximum Gasteiger partial charge on any atom is 0.275 e. The van der Waals surface area contributed by atoms with Crippen molar-refractivity contribution in [1.82, 2.24) is 9.78 Å². The van der Waals surface area contributed by atoms with Gasteiger partial charge >= 0.3 is 0 Å². The number of carbonyl (C=O) groups excluding carboxylic acids is 1. The van der Waals surface area contributed by atoms with Crippen molar-refractivity contribution in [1.29, 1.82) is 0 Å². The van der Waals surface area contributed by atoms with E-state index in [4.69, 9.17) is 0 Å². The van der Waals surface area contributed by atoms with Gasteiger partial charge in [0.2, 0.25) is 5.91 Å². The number of piperidine rings is 1. The Morgan fingerprint density at radius 3 is 2.52 bits per heavy atom. The molecule has 0 unspecified atom stereocenters. The fourth-order valence-electron chi connectivity index (χ4n) is 4.09. The van der Waals surface area contributed by atoms with E-state index in [1.54, 1.807) is 0 Å². The Hall–Kier alpha value is -3.15. The minimum absolute atomic E-state index is 0.118. The SMILES string of the molecule is CC1CCN(c2nn(CC(=O)Nc3cccc(C(C)C)c3)c(=O)c3ccccc23)CC1. The lowest BCUT2D eigenvalue weighted by atomic mass is 9.99. The summed E-state index contributed by atoms with van der Waals surface area (Å²) in [6, 6.07) is 15.4. The summed E-state index contributed by atoms with van der Waals surface area (Å²) in [7, 11) is 0. The van der Waals surface area contributed by atoms with Crippen LogP contribution in [0.4, 0.5) is 11.5 Å². The van der Waals surface area contributed by atoms with Crippen LogP contribution in [0, 0.1) is 5.92 Å². The van der Waals surface area contributed by atoms with Gasteiger partial charge in [-0.15, -0.1) is 0 Å². The summed E-state index contributed by atoms with van der Waals surface area (Å²) < 4.78 is 1.30. The molecule has 1 aliphatic heterocycles. The van der Waals surface area contributed by atoms with E-state index in [-0.39, 0.29) is 18.0 Å². The fourth-order valence-corrected chi connectivity index (χ4v) is 4.09. The van der Waals surface area contributed by atoms with Crippen molar-refractivity contribution in [3.63, 3.8) is 0 Å². The molecule has 31 heavy (non-hydrogen) atoms. The number of nitrogens with one attached hydrogen (secondary N) is 1. The highest BCUT2D eigenvalue weighted by Crippen LogP contribution is 2.26. The Bertz CT molecular complexity index is 1140.